The van der Waals surface area contributed by atoms with E-state index in [1.165, 1.54) is 4.90 Å². The minimum absolute atomic E-state index is 0.0774. The van der Waals surface area contributed by atoms with Crippen LogP contribution in [-0.2, 0) is 25.7 Å². The molecule has 3 amide bonds. The minimum atomic E-state index is -1.20. The molecule has 5 rings (SSSR count). The van der Waals surface area contributed by atoms with Gasteiger partial charge >= 0.3 is 0 Å². The van der Waals surface area contributed by atoms with Crippen LogP contribution in [0.4, 0.5) is 5.69 Å². The molecule has 9 heteroatoms. The summed E-state index contributed by atoms with van der Waals surface area (Å²) in [5.74, 6) is -2.09. The maximum absolute atomic E-state index is 14.4. The number of methoxy groups -OCH3 is 1. The average molecular weight is 564 g/mol. The zero-order chi connectivity index (χ0) is 29.5. The van der Waals surface area contributed by atoms with Crippen molar-refractivity contribution in [3.8, 4) is 5.75 Å². The smallest absolute Gasteiger partial charge is 0.250 e. The molecule has 3 saturated heterocycles. The van der Waals surface area contributed by atoms with E-state index < -0.39 is 41.0 Å². The molecule has 3 unspecified atom stereocenters. The third-order valence-corrected chi connectivity index (χ3v) is 9.80. The number of anilines is 1. The molecule has 2 aromatic rings. The van der Waals surface area contributed by atoms with Gasteiger partial charge in [0.05, 0.1) is 37.2 Å². The van der Waals surface area contributed by atoms with Crippen LogP contribution in [0.1, 0.15) is 46.1 Å². The molecule has 220 valence electrons. The molecular weight excluding hydrogens is 522 g/mol. The van der Waals surface area contributed by atoms with Crippen molar-refractivity contribution in [3.63, 3.8) is 0 Å². The highest BCUT2D eigenvalue weighted by Gasteiger charge is 2.80. The van der Waals surface area contributed by atoms with Gasteiger partial charge in [-0.25, -0.2) is 0 Å². The van der Waals surface area contributed by atoms with Gasteiger partial charge in [-0.3, -0.25) is 14.4 Å². The van der Waals surface area contributed by atoms with E-state index in [1.807, 2.05) is 58.0 Å². The van der Waals surface area contributed by atoms with Gasteiger partial charge in [0, 0.05) is 12.2 Å². The number of carbonyl (C=O) groups is 3. The van der Waals surface area contributed by atoms with Gasteiger partial charge in [-0.05, 0) is 55.0 Å². The lowest BCUT2D eigenvalue weighted by atomic mass is 9.62. The SMILES string of the molecule is CC[C@H](C)[C@H](CO)N1C(=O)[C@@H]2[C@H](C(=O)NCc3ccccc3)[C@@]3(C)OC2(CC3C)C1C(=O)Nc1ccc(OC)cc1. The Hall–Kier alpha value is -3.43. The fraction of sp³-hybridized carbons (Fsp3) is 0.531. The number of aliphatic hydroxyl groups is 1. The van der Waals surface area contributed by atoms with Crippen LogP contribution in [0.2, 0.25) is 0 Å². The maximum Gasteiger partial charge on any atom is 0.250 e. The summed E-state index contributed by atoms with van der Waals surface area (Å²) in [4.78, 5) is 44.0. The van der Waals surface area contributed by atoms with E-state index in [1.54, 1.807) is 31.4 Å². The van der Waals surface area contributed by atoms with E-state index in [0.29, 0.717) is 30.8 Å². The number of aliphatic hydroxyl groups excluding tert-OH is 1. The minimum Gasteiger partial charge on any atom is -0.497 e. The van der Waals surface area contributed by atoms with Gasteiger partial charge in [-0.1, -0.05) is 57.5 Å². The molecule has 3 fully saturated rings. The quantitative estimate of drug-likeness (QED) is 0.408. The van der Waals surface area contributed by atoms with Gasteiger partial charge in [0.2, 0.25) is 17.7 Å². The Morgan fingerprint density at radius 3 is 2.44 bits per heavy atom. The molecule has 1 spiro atoms. The third-order valence-electron chi connectivity index (χ3n) is 9.80. The Kier molecular flexibility index (Phi) is 7.87. The van der Waals surface area contributed by atoms with E-state index in [0.717, 1.165) is 5.56 Å². The second-order valence-corrected chi connectivity index (χ2v) is 12.0. The zero-order valence-electron chi connectivity index (χ0n) is 24.4. The largest absolute Gasteiger partial charge is 0.497 e. The highest BCUT2D eigenvalue weighted by Crippen LogP contribution is 2.65. The molecule has 3 aliphatic rings. The summed E-state index contributed by atoms with van der Waals surface area (Å²) in [6.45, 7) is 7.90. The fourth-order valence-corrected chi connectivity index (χ4v) is 7.33. The topological polar surface area (TPSA) is 117 Å². The number of benzene rings is 2. The van der Waals surface area contributed by atoms with Crippen molar-refractivity contribution in [1.82, 2.24) is 10.2 Å². The molecule has 2 aromatic carbocycles. The molecule has 8 atom stereocenters. The summed E-state index contributed by atoms with van der Waals surface area (Å²) in [7, 11) is 1.57. The highest BCUT2D eigenvalue weighted by molar-refractivity contribution is 6.04. The van der Waals surface area contributed by atoms with Crippen molar-refractivity contribution in [2.24, 2.45) is 23.7 Å². The van der Waals surface area contributed by atoms with E-state index in [2.05, 4.69) is 10.6 Å². The lowest BCUT2D eigenvalue weighted by Gasteiger charge is -2.39. The van der Waals surface area contributed by atoms with E-state index in [4.69, 9.17) is 9.47 Å². The number of amides is 3. The first-order chi connectivity index (χ1) is 19.6. The Morgan fingerprint density at radius 1 is 1.15 bits per heavy atom. The average Bonchev–Trinajstić information content (AvgIpc) is 3.49. The first-order valence-electron chi connectivity index (χ1n) is 14.5. The predicted octanol–water partition coefficient (Wildman–Crippen LogP) is 3.37. The Balaban J connectivity index is 1.53. The second-order valence-electron chi connectivity index (χ2n) is 12.0. The molecule has 0 radical (unpaired) electrons. The van der Waals surface area contributed by atoms with Crippen molar-refractivity contribution in [2.75, 3.05) is 19.0 Å². The lowest BCUT2D eigenvalue weighted by molar-refractivity contribution is -0.150. The summed E-state index contributed by atoms with van der Waals surface area (Å²) < 4.78 is 12.0. The van der Waals surface area contributed by atoms with Crippen LogP contribution in [0.15, 0.2) is 54.6 Å². The molecule has 0 aromatic heterocycles. The molecule has 3 N–H and O–H groups in total. The summed E-state index contributed by atoms with van der Waals surface area (Å²) in [6, 6.07) is 15.0. The van der Waals surface area contributed by atoms with Crippen LogP contribution in [0.25, 0.3) is 0 Å². The molecule has 0 aliphatic carbocycles. The summed E-state index contributed by atoms with van der Waals surface area (Å²) in [6.07, 6.45) is 1.16. The Bertz CT molecular complexity index is 1290. The molecule has 41 heavy (non-hydrogen) atoms. The van der Waals surface area contributed by atoms with E-state index in [-0.39, 0.29) is 30.3 Å². The monoisotopic (exact) mass is 563 g/mol. The molecule has 3 aliphatic heterocycles. The number of fused-ring (bicyclic) bond motifs is 1. The van der Waals surface area contributed by atoms with Crippen molar-refractivity contribution in [1.29, 1.82) is 0 Å². The van der Waals surface area contributed by atoms with E-state index >= 15 is 0 Å². The standard InChI is InChI=1S/C32H41N3O6/c1-6-19(2)24(18-36)35-27(29(38)34-22-12-14-23(40-5)15-13-22)32-16-20(3)31(4,41-32)25(26(32)30(35)39)28(37)33-17-21-10-8-7-9-11-21/h7-15,19-20,24-27,36H,6,16-18H2,1-5H3,(H,33,37)(H,34,38)/t19-,20?,24-,25+,26-,27?,31-,32?/m0/s1. The first kappa shape index (κ1) is 29.1. The van der Waals surface area contributed by atoms with Gasteiger partial charge < -0.3 is 30.1 Å². The van der Waals surface area contributed by atoms with Crippen molar-refractivity contribution < 1.29 is 29.0 Å². The number of hydrogen-bond acceptors (Lipinski definition) is 6. The van der Waals surface area contributed by atoms with Crippen molar-refractivity contribution in [3.05, 3.63) is 60.2 Å². The van der Waals surface area contributed by atoms with Gasteiger partial charge in [0.15, 0.2) is 0 Å². The molecule has 0 saturated carbocycles. The van der Waals surface area contributed by atoms with Gasteiger partial charge in [-0.15, -0.1) is 0 Å². The van der Waals surface area contributed by atoms with Crippen molar-refractivity contribution in [2.45, 2.75) is 70.4 Å². The summed E-state index contributed by atoms with van der Waals surface area (Å²) in [5.41, 5.74) is -0.615. The van der Waals surface area contributed by atoms with E-state index in [9.17, 15) is 19.5 Å². The van der Waals surface area contributed by atoms with Gasteiger partial charge in [0.25, 0.3) is 0 Å². The normalized spacial score (nSPS) is 31.5. The fourth-order valence-electron chi connectivity index (χ4n) is 7.33. The van der Waals surface area contributed by atoms with Crippen LogP contribution in [0, 0.1) is 23.7 Å². The van der Waals surface area contributed by atoms with Crippen LogP contribution in [-0.4, -0.2) is 64.7 Å². The lowest BCUT2D eigenvalue weighted by Crippen LogP contribution is -2.57. The zero-order valence-corrected chi connectivity index (χ0v) is 24.4. The van der Waals surface area contributed by atoms with Crippen LogP contribution < -0.4 is 15.4 Å². The van der Waals surface area contributed by atoms with Crippen LogP contribution in [0.5, 0.6) is 5.75 Å². The Labute approximate surface area is 241 Å². The van der Waals surface area contributed by atoms with Crippen molar-refractivity contribution >= 4 is 23.4 Å². The number of ether oxygens (including phenoxy) is 2. The summed E-state index contributed by atoms with van der Waals surface area (Å²) >= 11 is 0. The molecule has 2 bridgehead atoms. The number of hydrogen-bond donors (Lipinski definition) is 3. The third kappa shape index (κ3) is 4.69. The number of nitrogens with one attached hydrogen (secondary N) is 2. The predicted molar refractivity (Wildman–Crippen MR) is 154 cm³/mol. The van der Waals surface area contributed by atoms with Gasteiger partial charge in [-0.2, -0.15) is 0 Å². The van der Waals surface area contributed by atoms with Gasteiger partial charge in [0.1, 0.15) is 17.4 Å². The van der Waals surface area contributed by atoms with Crippen LogP contribution in [0.3, 0.4) is 0 Å². The number of nitrogens with zero attached hydrogens (tertiary/aromatic N) is 1. The summed E-state index contributed by atoms with van der Waals surface area (Å²) in [5, 5.41) is 16.5. The highest BCUT2D eigenvalue weighted by atomic mass is 16.5. The molecule has 3 heterocycles. The Morgan fingerprint density at radius 2 is 1.83 bits per heavy atom. The number of likely N-dealkylation sites (tertiary alicyclic amines) is 1. The second kappa shape index (κ2) is 11.1. The number of carbonyl (C=O) groups excluding carboxylic acids is 3. The maximum atomic E-state index is 14.4. The molecule has 9 nitrogen and oxygen atoms in total. The number of rotatable bonds is 10. The molecular formula is C32H41N3O6. The van der Waals surface area contributed by atoms with Crippen LogP contribution >= 0.6 is 0 Å². The first-order valence-corrected chi connectivity index (χ1v) is 14.5.